The van der Waals surface area contributed by atoms with Crippen molar-refractivity contribution in [1.82, 2.24) is 9.97 Å². The standard InChI is InChI=1S/C24H28N2O2/c1-13-15(3)23(25-21(13)11-27)18-7-5-17-6-8-19(10-20(17)9-18)24-16(4)14(2)22(12-28)26-24/h9-12,17-18,25-26H,5-8H2,1-4H3/t17-,18+/m1/s1. The molecule has 2 aliphatic rings. The van der Waals surface area contributed by atoms with E-state index in [1.54, 1.807) is 0 Å². The molecular formula is C24H28N2O2. The molecule has 2 N–H and O–H groups in total. The van der Waals surface area contributed by atoms with E-state index in [4.69, 9.17) is 0 Å². The van der Waals surface area contributed by atoms with Gasteiger partial charge in [-0.05, 0) is 92.7 Å². The molecule has 0 aliphatic heterocycles. The highest BCUT2D eigenvalue weighted by Gasteiger charge is 2.29. The van der Waals surface area contributed by atoms with Crippen LogP contribution in [0, 0.1) is 33.6 Å². The number of hydrogen-bond donors (Lipinski definition) is 2. The van der Waals surface area contributed by atoms with Gasteiger partial charge in [-0.15, -0.1) is 0 Å². The van der Waals surface area contributed by atoms with Gasteiger partial charge >= 0.3 is 0 Å². The summed E-state index contributed by atoms with van der Waals surface area (Å²) in [5, 5.41) is 0. The van der Waals surface area contributed by atoms with E-state index in [0.717, 1.165) is 48.7 Å². The third-order valence-corrected chi connectivity index (χ3v) is 6.96. The molecule has 0 aromatic carbocycles. The van der Waals surface area contributed by atoms with Crippen LogP contribution in [-0.2, 0) is 0 Å². The van der Waals surface area contributed by atoms with Crippen LogP contribution in [0.25, 0.3) is 5.57 Å². The Bertz CT molecular complexity index is 1020. The van der Waals surface area contributed by atoms with Crippen LogP contribution in [0.4, 0.5) is 0 Å². The van der Waals surface area contributed by atoms with Crippen molar-refractivity contribution in [3.05, 3.63) is 62.8 Å². The van der Waals surface area contributed by atoms with Crippen LogP contribution in [0.2, 0.25) is 0 Å². The molecule has 0 radical (unpaired) electrons. The van der Waals surface area contributed by atoms with Crippen molar-refractivity contribution in [3.63, 3.8) is 0 Å². The third-order valence-electron chi connectivity index (χ3n) is 6.96. The number of aromatic amines is 2. The average Bonchev–Trinajstić information content (AvgIpc) is 3.17. The van der Waals surface area contributed by atoms with Gasteiger partial charge in [-0.1, -0.05) is 12.2 Å². The number of allylic oxidation sites excluding steroid dienone is 4. The predicted octanol–water partition coefficient (Wildman–Crippen LogP) is 5.50. The van der Waals surface area contributed by atoms with Crippen molar-refractivity contribution >= 4 is 18.1 Å². The van der Waals surface area contributed by atoms with Crippen molar-refractivity contribution in [2.24, 2.45) is 5.92 Å². The summed E-state index contributed by atoms with van der Waals surface area (Å²) in [4.78, 5) is 29.3. The smallest absolute Gasteiger partial charge is 0.166 e. The number of fused-ring (bicyclic) bond motifs is 1. The van der Waals surface area contributed by atoms with Gasteiger partial charge in [0.15, 0.2) is 12.6 Å². The van der Waals surface area contributed by atoms with E-state index in [2.05, 4.69) is 36.0 Å². The van der Waals surface area contributed by atoms with E-state index in [0.29, 0.717) is 23.2 Å². The second-order valence-corrected chi connectivity index (χ2v) is 8.36. The highest BCUT2D eigenvalue weighted by Crippen LogP contribution is 2.44. The number of carbonyl (C=O) groups excluding carboxylic acids is 2. The molecule has 0 bridgehead atoms. The van der Waals surface area contributed by atoms with Gasteiger partial charge in [0.2, 0.25) is 0 Å². The Hall–Kier alpha value is -2.62. The summed E-state index contributed by atoms with van der Waals surface area (Å²) in [6, 6.07) is 0. The first-order chi connectivity index (χ1) is 13.4. The molecule has 2 aromatic rings. The molecule has 0 saturated heterocycles. The number of aromatic nitrogens is 2. The monoisotopic (exact) mass is 376 g/mol. The van der Waals surface area contributed by atoms with E-state index in [9.17, 15) is 9.59 Å². The van der Waals surface area contributed by atoms with Crippen LogP contribution >= 0.6 is 0 Å². The van der Waals surface area contributed by atoms with Crippen LogP contribution in [0.1, 0.15) is 86.2 Å². The van der Waals surface area contributed by atoms with Gasteiger partial charge in [-0.2, -0.15) is 0 Å². The number of H-pyrrole nitrogens is 2. The molecule has 146 valence electrons. The Labute approximate surface area is 166 Å². The SMILES string of the molecule is Cc1c(C=O)[nH]c(C2=CC3=C[C@@H](c4[nH]c(C=O)c(C)c4C)CC[C@@H]3CC2)c1C. The highest BCUT2D eigenvalue weighted by atomic mass is 16.1. The molecule has 0 saturated carbocycles. The fraction of sp³-hybridized carbons (Fsp3) is 0.417. The van der Waals surface area contributed by atoms with Gasteiger partial charge in [-0.3, -0.25) is 9.59 Å². The first-order valence-electron chi connectivity index (χ1n) is 10.2. The average molecular weight is 377 g/mol. The third kappa shape index (κ3) is 2.92. The molecular weight excluding hydrogens is 348 g/mol. The molecule has 4 nitrogen and oxygen atoms in total. The summed E-state index contributed by atoms with van der Waals surface area (Å²) in [5.41, 5.74) is 10.8. The lowest BCUT2D eigenvalue weighted by atomic mass is 9.74. The maximum atomic E-state index is 11.3. The van der Waals surface area contributed by atoms with Gasteiger partial charge in [0.1, 0.15) is 0 Å². The van der Waals surface area contributed by atoms with E-state index in [-0.39, 0.29) is 0 Å². The molecule has 2 aliphatic carbocycles. The first kappa shape index (κ1) is 18.7. The zero-order valence-corrected chi connectivity index (χ0v) is 17.1. The zero-order chi connectivity index (χ0) is 20.0. The quantitative estimate of drug-likeness (QED) is 0.692. The minimum atomic E-state index is 0.325. The van der Waals surface area contributed by atoms with Gasteiger partial charge in [0.05, 0.1) is 11.4 Å². The van der Waals surface area contributed by atoms with Gasteiger partial charge < -0.3 is 9.97 Å². The maximum absolute atomic E-state index is 11.3. The predicted molar refractivity (Wildman–Crippen MR) is 112 cm³/mol. The molecule has 0 spiro atoms. The summed E-state index contributed by atoms with van der Waals surface area (Å²) in [6.45, 7) is 8.21. The van der Waals surface area contributed by atoms with Crippen molar-refractivity contribution in [2.45, 2.75) is 59.3 Å². The fourth-order valence-electron chi connectivity index (χ4n) is 4.88. The Morgan fingerprint density at radius 1 is 0.857 bits per heavy atom. The molecule has 4 rings (SSSR count). The highest BCUT2D eigenvalue weighted by molar-refractivity contribution is 5.80. The number of rotatable bonds is 4. The van der Waals surface area contributed by atoms with Crippen molar-refractivity contribution in [3.8, 4) is 0 Å². The van der Waals surface area contributed by atoms with Crippen molar-refractivity contribution < 1.29 is 9.59 Å². The molecule has 2 atom stereocenters. The number of nitrogens with one attached hydrogen (secondary N) is 2. The van der Waals surface area contributed by atoms with Crippen molar-refractivity contribution in [1.29, 1.82) is 0 Å². The van der Waals surface area contributed by atoms with E-state index < -0.39 is 0 Å². The fourth-order valence-corrected chi connectivity index (χ4v) is 4.88. The number of hydrogen-bond acceptors (Lipinski definition) is 2. The van der Waals surface area contributed by atoms with Crippen LogP contribution in [0.3, 0.4) is 0 Å². The van der Waals surface area contributed by atoms with E-state index in [1.807, 2.05) is 13.8 Å². The van der Waals surface area contributed by atoms with Gasteiger partial charge in [0.25, 0.3) is 0 Å². The van der Waals surface area contributed by atoms with E-state index in [1.165, 1.54) is 34.4 Å². The topological polar surface area (TPSA) is 65.7 Å². The minimum absolute atomic E-state index is 0.325. The lowest BCUT2D eigenvalue weighted by molar-refractivity contribution is 0.111. The molecule has 0 amide bonds. The molecule has 28 heavy (non-hydrogen) atoms. The summed E-state index contributed by atoms with van der Waals surface area (Å²) in [7, 11) is 0. The van der Waals surface area contributed by atoms with Crippen LogP contribution in [-0.4, -0.2) is 22.5 Å². The minimum Gasteiger partial charge on any atom is -0.355 e. The summed E-state index contributed by atoms with van der Waals surface area (Å²) in [5.74, 6) is 0.940. The maximum Gasteiger partial charge on any atom is 0.166 e. The molecule has 0 unspecified atom stereocenters. The van der Waals surface area contributed by atoms with Gasteiger partial charge in [-0.25, -0.2) is 0 Å². The largest absolute Gasteiger partial charge is 0.355 e. The Morgan fingerprint density at radius 2 is 1.54 bits per heavy atom. The lowest BCUT2D eigenvalue weighted by Gasteiger charge is -2.31. The molecule has 2 heterocycles. The Kier molecular flexibility index (Phi) is 4.74. The van der Waals surface area contributed by atoms with Crippen LogP contribution < -0.4 is 0 Å². The Morgan fingerprint density at radius 3 is 2.18 bits per heavy atom. The molecule has 4 heteroatoms. The summed E-state index contributed by atoms with van der Waals surface area (Å²) in [6.07, 6.45) is 11.1. The number of aldehydes is 2. The lowest BCUT2D eigenvalue weighted by Crippen LogP contribution is -2.17. The second kappa shape index (κ2) is 7.08. The molecule has 0 fully saturated rings. The van der Waals surface area contributed by atoms with Crippen LogP contribution in [0.15, 0.2) is 17.7 Å². The zero-order valence-electron chi connectivity index (χ0n) is 17.1. The van der Waals surface area contributed by atoms with Gasteiger partial charge in [0, 0.05) is 17.3 Å². The van der Waals surface area contributed by atoms with Crippen molar-refractivity contribution in [2.75, 3.05) is 0 Å². The van der Waals surface area contributed by atoms with E-state index >= 15 is 0 Å². The number of carbonyl (C=O) groups is 2. The summed E-state index contributed by atoms with van der Waals surface area (Å²) >= 11 is 0. The molecule has 2 aromatic heterocycles. The van der Waals surface area contributed by atoms with Crippen LogP contribution in [0.5, 0.6) is 0 Å². The first-order valence-corrected chi connectivity index (χ1v) is 10.2. The normalized spacial score (nSPS) is 21.7. The Balaban J connectivity index is 1.72. The summed E-state index contributed by atoms with van der Waals surface area (Å²) < 4.78 is 0. The second-order valence-electron chi connectivity index (χ2n) is 8.36.